The van der Waals surface area contributed by atoms with Crippen LogP contribution in [-0.4, -0.2) is 28.9 Å². The second-order valence-electron chi connectivity index (χ2n) is 7.97. The predicted molar refractivity (Wildman–Crippen MR) is 116 cm³/mol. The zero-order valence-corrected chi connectivity index (χ0v) is 18.9. The summed E-state index contributed by atoms with van der Waals surface area (Å²) in [7, 11) is 0. The van der Waals surface area contributed by atoms with Crippen molar-refractivity contribution in [2.45, 2.75) is 71.6 Å². The van der Waals surface area contributed by atoms with Gasteiger partial charge >= 0.3 is 12.1 Å². The number of aryl methyl sites for hydroxylation is 1. The summed E-state index contributed by atoms with van der Waals surface area (Å²) in [5.74, 6) is -0.0677. The summed E-state index contributed by atoms with van der Waals surface area (Å²) < 4.78 is 10.9. The van der Waals surface area contributed by atoms with Crippen LogP contribution in [0.2, 0.25) is 0 Å². The standard InChI is InChI=1S/C23H33NO4.CO2/c1-6-8-18-10-12-19(13-11-18)24-23(16(2)3,22(26)28-17(4)5)15-20(25)21-9-7-14-27-21;2-1-3/h7,9-14,16-17,20,24-25H,6,8,15H2,1-5H3;/t20-,23?;/m1./s1. The normalized spacial score (nSPS) is 13.5. The molecule has 0 aliphatic carbocycles. The molecule has 170 valence electrons. The minimum absolute atomic E-state index is 0.126. The zero-order chi connectivity index (χ0) is 23.4. The summed E-state index contributed by atoms with van der Waals surface area (Å²) in [6.07, 6.45) is 2.83. The summed E-state index contributed by atoms with van der Waals surface area (Å²) in [5, 5.41) is 14.1. The average molecular weight is 432 g/mol. The molecule has 0 fully saturated rings. The van der Waals surface area contributed by atoms with Gasteiger partial charge in [-0.2, -0.15) is 9.59 Å². The molecule has 0 bridgehead atoms. The van der Waals surface area contributed by atoms with Crippen LogP contribution >= 0.6 is 0 Å². The van der Waals surface area contributed by atoms with Crippen molar-refractivity contribution in [1.82, 2.24) is 0 Å². The Bertz CT molecular complexity index is 807. The Morgan fingerprint density at radius 1 is 1.16 bits per heavy atom. The molecule has 1 aromatic carbocycles. The maximum absolute atomic E-state index is 13.2. The first-order chi connectivity index (χ1) is 14.7. The van der Waals surface area contributed by atoms with Crippen molar-refractivity contribution >= 4 is 17.8 Å². The van der Waals surface area contributed by atoms with E-state index in [1.165, 1.54) is 11.8 Å². The third kappa shape index (κ3) is 7.70. The van der Waals surface area contributed by atoms with Crippen molar-refractivity contribution < 1.29 is 28.6 Å². The van der Waals surface area contributed by atoms with Crippen LogP contribution in [0, 0.1) is 5.92 Å². The molecular weight excluding hydrogens is 398 g/mol. The lowest BCUT2D eigenvalue weighted by atomic mass is 9.80. The number of hydrogen-bond donors (Lipinski definition) is 2. The van der Waals surface area contributed by atoms with Crippen LogP contribution in [-0.2, 0) is 25.5 Å². The second kappa shape index (κ2) is 12.7. The van der Waals surface area contributed by atoms with E-state index in [2.05, 4.69) is 24.4 Å². The molecule has 0 saturated carbocycles. The van der Waals surface area contributed by atoms with Gasteiger partial charge in [0.15, 0.2) is 0 Å². The number of esters is 1. The maximum atomic E-state index is 13.2. The number of aliphatic hydroxyl groups is 1. The van der Waals surface area contributed by atoms with Gasteiger partial charge in [-0.25, -0.2) is 4.79 Å². The molecule has 2 N–H and O–H groups in total. The van der Waals surface area contributed by atoms with E-state index in [4.69, 9.17) is 18.7 Å². The number of carbonyl (C=O) groups is 1. The minimum Gasteiger partial charge on any atom is -0.467 e. The fraction of sp³-hybridized carbons (Fsp3) is 0.500. The van der Waals surface area contributed by atoms with Crippen molar-refractivity contribution in [1.29, 1.82) is 0 Å². The van der Waals surface area contributed by atoms with E-state index < -0.39 is 11.6 Å². The molecule has 2 rings (SSSR count). The molecule has 0 saturated heterocycles. The lowest BCUT2D eigenvalue weighted by molar-refractivity contribution is -0.191. The monoisotopic (exact) mass is 431 g/mol. The second-order valence-corrected chi connectivity index (χ2v) is 7.97. The first-order valence-electron chi connectivity index (χ1n) is 10.5. The van der Waals surface area contributed by atoms with Crippen LogP contribution in [0.3, 0.4) is 0 Å². The van der Waals surface area contributed by atoms with Gasteiger partial charge < -0.3 is 19.6 Å². The molecule has 1 unspecified atom stereocenters. The van der Waals surface area contributed by atoms with Crippen LogP contribution in [0.25, 0.3) is 0 Å². The number of furan rings is 1. The fourth-order valence-electron chi connectivity index (χ4n) is 3.31. The Labute approximate surface area is 183 Å². The van der Waals surface area contributed by atoms with Gasteiger partial charge in [0.05, 0.1) is 12.4 Å². The molecule has 31 heavy (non-hydrogen) atoms. The van der Waals surface area contributed by atoms with Crippen LogP contribution in [0.4, 0.5) is 5.69 Å². The topological polar surface area (TPSA) is 106 Å². The highest BCUT2D eigenvalue weighted by atomic mass is 16.5. The minimum atomic E-state index is -1.09. The fourth-order valence-corrected chi connectivity index (χ4v) is 3.31. The van der Waals surface area contributed by atoms with Gasteiger partial charge in [-0.1, -0.05) is 39.3 Å². The first kappa shape index (κ1) is 26.1. The summed E-state index contributed by atoms with van der Waals surface area (Å²) in [5.41, 5.74) is 0.979. The highest BCUT2D eigenvalue weighted by Gasteiger charge is 2.45. The van der Waals surface area contributed by atoms with Crippen LogP contribution in [0.15, 0.2) is 47.1 Å². The van der Waals surface area contributed by atoms with Gasteiger partial charge in [-0.05, 0) is 56.0 Å². The number of hydrogen-bond acceptors (Lipinski definition) is 7. The van der Waals surface area contributed by atoms with Gasteiger partial charge in [-0.15, -0.1) is 0 Å². The largest absolute Gasteiger partial charge is 0.467 e. The highest BCUT2D eigenvalue weighted by molar-refractivity contribution is 5.85. The molecule has 0 aliphatic heterocycles. The summed E-state index contributed by atoms with van der Waals surface area (Å²) in [4.78, 5) is 29.4. The molecule has 2 aromatic rings. The number of carbonyl (C=O) groups excluding carboxylic acids is 3. The van der Waals surface area contributed by atoms with E-state index in [0.29, 0.717) is 5.76 Å². The van der Waals surface area contributed by atoms with E-state index in [-0.39, 0.29) is 30.6 Å². The average Bonchev–Trinajstić information content (AvgIpc) is 3.24. The predicted octanol–water partition coefficient (Wildman–Crippen LogP) is 4.53. The molecule has 0 spiro atoms. The summed E-state index contributed by atoms with van der Waals surface area (Å²) >= 11 is 0. The third-order valence-electron chi connectivity index (χ3n) is 4.94. The lowest BCUT2D eigenvalue weighted by Gasteiger charge is -2.38. The first-order valence-corrected chi connectivity index (χ1v) is 10.5. The Morgan fingerprint density at radius 2 is 1.77 bits per heavy atom. The Balaban J connectivity index is 0.00000151. The van der Waals surface area contributed by atoms with Crippen molar-refractivity contribution in [2.24, 2.45) is 5.92 Å². The number of anilines is 1. The van der Waals surface area contributed by atoms with Crippen molar-refractivity contribution in [3.8, 4) is 0 Å². The number of rotatable bonds is 10. The Morgan fingerprint density at radius 3 is 2.23 bits per heavy atom. The number of aliphatic hydroxyl groups excluding tert-OH is 1. The van der Waals surface area contributed by atoms with Crippen molar-refractivity contribution in [3.05, 3.63) is 54.0 Å². The highest BCUT2D eigenvalue weighted by Crippen LogP contribution is 2.35. The molecule has 1 aromatic heterocycles. The molecule has 0 aliphatic rings. The van der Waals surface area contributed by atoms with E-state index in [0.717, 1.165) is 18.5 Å². The van der Waals surface area contributed by atoms with Crippen molar-refractivity contribution in [2.75, 3.05) is 5.32 Å². The number of benzene rings is 1. The Kier molecular flexibility index (Phi) is 10.7. The number of ether oxygens (including phenoxy) is 1. The quantitative estimate of drug-likeness (QED) is 0.532. The molecule has 7 nitrogen and oxygen atoms in total. The third-order valence-corrected chi connectivity index (χ3v) is 4.94. The molecule has 0 amide bonds. The molecular formula is C24H33NO6. The van der Waals surface area contributed by atoms with E-state index in [1.54, 1.807) is 12.1 Å². The van der Waals surface area contributed by atoms with Crippen LogP contribution in [0.1, 0.15) is 64.9 Å². The summed E-state index contributed by atoms with van der Waals surface area (Å²) in [6.45, 7) is 9.70. The molecule has 1 heterocycles. The van der Waals surface area contributed by atoms with Gasteiger partial charge in [0.1, 0.15) is 17.4 Å². The van der Waals surface area contributed by atoms with Gasteiger partial charge in [0.25, 0.3) is 0 Å². The van der Waals surface area contributed by atoms with Gasteiger partial charge in [0, 0.05) is 12.1 Å². The van der Waals surface area contributed by atoms with Crippen LogP contribution < -0.4 is 5.32 Å². The summed E-state index contributed by atoms with van der Waals surface area (Å²) in [6, 6.07) is 11.5. The molecule has 0 radical (unpaired) electrons. The van der Waals surface area contributed by atoms with Crippen molar-refractivity contribution in [3.63, 3.8) is 0 Å². The molecule has 7 heteroatoms. The Hall–Kier alpha value is -2.89. The SMILES string of the molecule is CCCc1ccc(NC(C[C@@H](O)c2ccco2)(C(=O)OC(C)C)C(C)C)cc1.O=C=O. The molecule has 2 atom stereocenters. The van der Waals surface area contributed by atoms with Crippen LogP contribution in [0.5, 0.6) is 0 Å². The van der Waals surface area contributed by atoms with Gasteiger partial charge in [0.2, 0.25) is 0 Å². The van der Waals surface area contributed by atoms with E-state index in [9.17, 15) is 9.90 Å². The lowest BCUT2D eigenvalue weighted by Crippen LogP contribution is -2.53. The van der Waals surface area contributed by atoms with Gasteiger partial charge in [-0.3, -0.25) is 0 Å². The smallest absolute Gasteiger partial charge is 0.373 e. The van der Waals surface area contributed by atoms with E-state index in [1.807, 2.05) is 39.8 Å². The zero-order valence-electron chi connectivity index (χ0n) is 18.9. The maximum Gasteiger partial charge on any atom is 0.373 e. The van der Waals surface area contributed by atoms with E-state index >= 15 is 0 Å². The number of nitrogens with one attached hydrogen (secondary N) is 1.